The maximum atomic E-state index is 13.6. The Labute approximate surface area is 119 Å². The molecular weight excluding hydrogens is 282 g/mol. The fourth-order valence-corrected chi connectivity index (χ4v) is 1.86. The number of nitrogens with one attached hydrogen (secondary N) is 1. The summed E-state index contributed by atoms with van der Waals surface area (Å²) in [6.07, 6.45) is 0.438. The van der Waals surface area contributed by atoms with Crippen molar-refractivity contribution in [1.29, 1.82) is 0 Å². The molecule has 0 heterocycles. The Bertz CT molecular complexity index is 660. The van der Waals surface area contributed by atoms with Crippen LogP contribution in [0.15, 0.2) is 36.4 Å². The predicted molar refractivity (Wildman–Crippen MR) is 73.3 cm³/mol. The van der Waals surface area contributed by atoms with E-state index in [0.717, 1.165) is 17.7 Å². The summed E-state index contributed by atoms with van der Waals surface area (Å²) in [6, 6.07) is 7.99. The van der Waals surface area contributed by atoms with Crippen molar-refractivity contribution in [2.75, 3.05) is 11.9 Å². The van der Waals surface area contributed by atoms with Gasteiger partial charge in [0, 0.05) is 12.6 Å². The molecule has 2 aromatic carbocycles. The van der Waals surface area contributed by atoms with Gasteiger partial charge in [0.2, 0.25) is 0 Å². The predicted octanol–water partition coefficient (Wildman–Crippen LogP) is 3.23. The van der Waals surface area contributed by atoms with Crippen LogP contribution in [0.25, 0.3) is 0 Å². The summed E-state index contributed by atoms with van der Waals surface area (Å²) in [7, 11) is 0. The Balaban J connectivity index is 2.10. The number of nitrogens with zero attached hydrogens (tertiary/aromatic N) is 1. The summed E-state index contributed by atoms with van der Waals surface area (Å²) in [5, 5.41) is 22.5. The molecule has 0 spiro atoms. The van der Waals surface area contributed by atoms with Gasteiger partial charge in [0.1, 0.15) is 5.75 Å². The van der Waals surface area contributed by atoms with Gasteiger partial charge in [0.15, 0.2) is 17.3 Å². The highest BCUT2D eigenvalue weighted by molar-refractivity contribution is 5.62. The molecule has 2 N–H and O–H groups in total. The molecule has 0 aliphatic rings. The molecule has 0 saturated heterocycles. The third-order valence-electron chi connectivity index (χ3n) is 2.92. The Morgan fingerprint density at radius 3 is 2.43 bits per heavy atom. The van der Waals surface area contributed by atoms with Crippen LogP contribution in [0.4, 0.5) is 20.2 Å². The minimum absolute atomic E-state index is 0.124. The lowest BCUT2D eigenvalue weighted by atomic mass is 10.1. The van der Waals surface area contributed by atoms with Crippen molar-refractivity contribution in [3.05, 3.63) is 63.7 Å². The van der Waals surface area contributed by atoms with Gasteiger partial charge >= 0.3 is 0 Å². The third kappa shape index (κ3) is 3.44. The van der Waals surface area contributed by atoms with Gasteiger partial charge in [-0.3, -0.25) is 10.1 Å². The van der Waals surface area contributed by atoms with Crippen LogP contribution in [-0.2, 0) is 6.42 Å². The quantitative estimate of drug-likeness (QED) is 0.655. The Hall–Kier alpha value is -2.70. The van der Waals surface area contributed by atoms with Crippen molar-refractivity contribution in [3.8, 4) is 5.75 Å². The van der Waals surface area contributed by atoms with Gasteiger partial charge < -0.3 is 10.4 Å². The van der Waals surface area contributed by atoms with Crippen LogP contribution in [0.2, 0.25) is 0 Å². The first-order valence-electron chi connectivity index (χ1n) is 6.13. The lowest BCUT2D eigenvalue weighted by molar-refractivity contribution is -0.384. The van der Waals surface area contributed by atoms with Gasteiger partial charge in [-0.15, -0.1) is 0 Å². The highest BCUT2D eigenvalue weighted by Gasteiger charge is 2.21. The van der Waals surface area contributed by atoms with E-state index in [-0.39, 0.29) is 12.3 Å². The average Bonchev–Trinajstić information content (AvgIpc) is 2.45. The number of nitro benzene ring substituents is 1. The average molecular weight is 294 g/mol. The standard InChI is InChI=1S/C14H12F2N2O3/c15-11-5-6-12(18(20)21)14(13(11)16)17-8-7-9-1-3-10(19)4-2-9/h1-6,17,19H,7-8H2. The van der Waals surface area contributed by atoms with E-state index in [0.29, 0.717) is 6.42 Å². The van der Waals surface area contributed by atoms with Crippen LogP contribution in [0.1, 0.15) is 5.56 Å². The van der Waals surface area contributed by atoms with Gasteiger partial charge in [0.05, 0.1) is 4.92 Å². The molecule has 0 bridgehead atoms. The maximum absolute atomic E-state index is 13.6. The second-order valence-electron chi connectivity index (χ2n) is 4.36. The normalized spacial score (nSPS) is 10.4. The molecule has 2 aromatic rings. The van der Waals surface area contributed by atoms with E-state index >= 15 is 0 Å². The first-order valence-corrected chi connectivity index (χ1v) is 6.13. The van der Waals surface area contributed by atoms with Crippen molar-refractivity contribution in [1.82, 2.24) is 0 Å². The van der Waals surface area contributed by atoms with Crippen molar-refractivity contribution < 1.29 is 18.8 Å². The number of phenols is 1. The molecular formula is C14H12F2N2O3. The molecule has 0 unspecified atom stereocenters. The van der Waals surface area contributed by atoms with Gasteiger partial charge in [-0.2, -0.15) is 0 Å². The van der Waals surface area contributed by atoms with E-state index in [9.17, 15) is 18.9 Å². The Kier molecular flexibility index (Phi) is 4.32. The number of hydrogen-bond donors (Lipinski definition) is 2. The van der Waals surface area contributed by atoms with Crippen molar-refractivity contribution in [2.45, 2.75) is 6.42 Å². The van der Waals surface area contributed by atoms with E-state index in [4.69, 9.17) is 5.11 Å². The summed E-state index contributed by atoms with van der Waals surface area (Å²) >= 11 is 0. The van der Waals surface area contributed by atoms with Crippen molar-refractivity contribution in [3.63, 3.8) is 0 Å². The summed E-state index contributed by atoms with van der Waals surface area (Å²) in [6.45, 7) is 0.186. The minimum Gasteiger partial charge on any atom is -0.508 e. The Morgan fingerprint density at radius 1 is 1.14 bits per heavy atom. The van der Waals surface area contributed by atoms with Gasteiger partial charge in [0.25, 0.3) is 5.69 Å². The molecule has 0 amide bonds. The molecule has 5 nitrogen and oxygen atoms in total. The second-order valence-corrected chi connectivity index (χ2v) is 4.36. The van der Waals surface area contributed by atoms with Crippen molar-refractivity contribution >= 4 is 11.4 Å². The first kappa shape index (κ1) is 14.7. The zero-order valence-corrected chi connectivity index (χ0v) is 10.8. The number of hydrogen-bond acceptors (Lipinski definition) is 4. The van der Waals surface area contributed by atoms with Crippen molar-refractivity contribution in [2.24, 2.45) is 0 Å². The summed E-state index contributed by atoms with van der Waals surface area (Å²) < 4.78 is 26.8. The van der Waals surface area contributed by atoms with E-state index in [1.165, 1.54) is 12.1 Å². The van der Waals surface area contributed by atoms with E-state index < -0.39 is 27.9 Å². The smallest absolute Gasteiger partial charge is 0.295 e. The fourth-order valence-electron chi connectivity index (χ4n) is 1.86. The number of anilines is 1. The van der Waals surface area contributed by atoms with E-state index in [2.05, 4.69) is 5.32 Å². The molecule has 0 aromatic heterocycles. The van der Waals surface area contributed by atoms with Crippen LogP contribution >= 0.6 is 0 Å². The molecule has 21 heavy (non-hydrogen) atoms. The lowest BCUT2D eigenvalue weighted by Gasteiger charge is -2.09. The largest absolute Gasteiger partial charge is 0.508 e. The molecule has 0 aliphatic heterocycles. The topological polar surface area (TPSA) is 75.4 Å². The highest BCUT2D eigenvalue weighted by Crippen LogP contribution is 2.29. The van der Waals surface area contributed by atoms with E-state index in [1.54, 1.807) is 12.1 Å². The monoisotopic (exact) mass is 294 g/mol. The maximum Gasteiger partial charge on any atom is 0.295 e. The number of rotatable bonds is 5. The molecule has 0 aliphatic carbocycles. The molecule has 0 saturated carbocycles. The van der Waals surface area contributed by atoms with Crippen LogP contribution in [0.3, 0.4) is 0 Å². The number of halogens is 2. The second kappa shape index (κ2) is 6.17. The summed E-state index contributed by atoms with van der Waals surface area (Å²) in [4.78, 5) is 10.0. The highest BCUT2D eigenvalue weighted by atomic mass is 19.2. The molecule has 110 valence electrons. The van der Waals surface area contributed by atoms with Crippen LogP contribution in [0, 0.1) is 21.7 Å². The Morgan fingerprint density at radius 2 is 1.81 bits per heavy atom. The minimum atomic E-state index is -1.27. The number of benzene rings is 2. The third-order valence-corrected chi connectivity index (χ3v) is 2.92. The molecule has 7 heteroatoms. The SMILES string of the molecule is O=[N+]([O-])c1ccc(F)c(F)c1NCCc1ccc(O)cc1. The van der Waals surface area contributed by atoms with Gasteiger partial charge in [-0.25, -0.2) is 8.78 Å². The number of aromatic hydroxyl groups is 1. The molecule has 0 radical (unpaired) electrons. The van der Waals surface area contributed by atoms with Crippen LogP contribution in [0.5, 0.6) is 5.75 Å². The zero-order chi connectivity index (χ0) is 15.4. The van der Waals surface area contributed by atoms with E-state index in [1.807, 2.05) is 0 Å². The molecule has 2 rings (SSSR count). The van der Waals surface area contributed by atoms with Crippen LogP contribution in [-0.4, -0.2) is 16.6 Å². The number of phenolic OH excluding ortho intramolecular Hbond substituents is 1. The summed E-state index contributed by atoms with van der Waals surface area (Å²) in [5.74, 6) is -2.29. The van der Waals surface area contributed by atoms with Gasteiger partial charge in [-0.1, -0.05) is 12.1 Å². The van der Waals surface area contributed by atoms with Crippen LogP contribution < -0.4 is 5.32 Å². The summed E-state index contributed by atoms with van der Waals surface area (Å²) in [5.41, 5.74) is -0.127. The lowest BCUT2D eigenvalue weighted by Crippen LogP contribution is -2.09. The molecule has 0 fully saturated rings. The van der Waals surface area contributed by atoms with Gasteiger partial charge in [-0.05, 0) is 30.2 Å². The zero-order valence-electron chi connectivity index (χ0n) is 10.8. The first-order chi connectivity index (χ1) is 9.99. The molecule has 0 atom stereocenters. The number of nitro groups is 1. The fraction of sp³-hybridized carbons (Fsp3) is 0.143.